The molecule has 2 unspecified atom stereocenters. The fourth-order valence-electron chi connectivity index (χ4n) is 5.97. The van der Waals surface area contributed by atoms with E-state index in [1.807, 2.05) is 0 Å². The second kappa shape index (κ2) is 42.6. The maximum atomic E-state index is 12.6. The summed E-state index contributed by atoms with van der Waals surface area (Å²) in [6.07, 6.45) is 47.3. The zero-order valence-corrected chi connectivity index (χ0v) is 37.0. The number of carbonyl (C=O) groups excluding carboxylic acids is 2. The van der Waals surface area contributed by atoms with Gasteiger partial charge in [0.2, 0.25) is 0 Å². The number of unbranched alkanes of at least 4 members (excludes halogenated alkanes) is 20. The first kappa shape index (κ1) is 54.0. The summed E-state index contributed by atoms with van der Waals surface area (Å²) < 4.78 is 33.2. The first-order valence-electron chi connectivity index (χ1n) is 22.6. The van der Waals surface area contributed by atoms with Gasteiger partial charge in [0.15, 0.2) is 6.10 Å². The molecule has 0 aromatic carbocycles. The number of rotatable bonds is 42. The van der Waals surface area contributed by atoms with Gasteiger partial charge in [-0.05, 0) is 77.7 Å². The van der Waals surface area contributed by atoms with E-state index in [1.54, 1.807) is 7.05 Å². The third-order valence-corrected chi connectivity index (χ3v) is 10.4. The molecule has 0 aliphatic heterocycles. The first-order valence-corrected chi connectivity index (χ1v) is 24.1. The van der Waals surface area contributed by atoms with Gasteiger partial charge in [-0.25, -0.2) is 4.57 Å². The molecule has 9 nitrogen and oxygen atoms in total. The van der Waals surface area contributed by atoms with Crippen molar-refractivity contribution in [3.05, 3.63) is 48.6 Å². The van der Waals surface area contributed by atoms with Crippen molar-refractivity contribution in [1.82, 2.24) is 5.32 Å². The molecule has 0 amide bonds. The molecule has 0 saturated heterocycles. The molecule has 0 aromatic rings. The number of phosphoric ester groups is 1. The van der Waals surface area contributed by atoms with Crippen molar-refractivity contribution in [2.75, 3.05) is 33.4 Å². The summed E-state index contributed by atoms with van der Waals surface area (Å²) in [6.45, 7) is 4.16. The molecule has 0 rings (SSSR count). The van der Waals surface area contributed by atoms with Crippen molar-refractivity contribution in [1.29, 1.82) is 0 Å². The average molecular weight is 810 g/mol. The molecule has 0 saturated carbocycles. The number of hydrogen-bond donors (Lipinski definition) is 2. The highest BCUT2D eigenvalue weighted by Gasteiger charge is 2.26. The number of ether oxygens (including phenoxy) is 2. The van der Waals surface area contributed by atoms with E-state index in [4.69, 9.17) is 18.5 Å². The fraction of sp³-hybridized carbons (Fsp3) is 0.783. The summed E-state index contributed by atoms with van der Waals surface area (Å²) in [5.74, 6) is -0.872. The molecule has 0 fully saturated rings. The maximum Gasteiger partial charge on any atom is 0.472 e. The number of likely N-dealkylation sites (N-methyl/N-ethyl adjacent to an activating group) is 1. The highest BCUT2D eigenvalue weighted by Crippen LogP contribution is 2.43. The Balaban J connectivity index is 4.29. The van der Waals surface area contributed by atoms with Crippen molar-refractivity contribution >= 4 is 19.8 Å². The Kier molecular flexibility index (Phi) is 41.0. The third kappa shape index (κ3) is 41.6. The van der Waals surface area contributed by atoms with Gasteiger partial charge in [-0.1, -0.05) is 159 Å². The minimum atomic E-state index is -4.36. The van der Waals surface area contributed by atoms with Crippen LogP contribution in [0.2, 0.25) is 0 Å². The average Bonchev–Trinajstić information content (AvgIpc) is 3.18. The summed E-state index contributed by atoms with van der Waals surface area (Å²) >= 11 is 0. The second-order valence-corrected chi connectivity index (χ2v) is 16.3. The van der Waals surface area contributed by atoms with Crippen molar-refractivity contribution in [2.45, 2.75) is 200 Å². The van der Waals surface area contributed by atoms with E-state index in [1.165, 1.54) is 103 Å². The molecule has 326 valence electrons. The summed E-state index contributed by atoms with van der Waals surface area (Å²) in [5.41, 5.74) is 0. The number of allylic oxidation sites excluding steroid dienone is 8. The lowest BCUT2D eigenvalue weighted by atomic mass is 10.1. The van der Waals surface area contributed by atoms with Crippen LogP contribution in [0.3, 0.4) is 0 Å². The molecule has 0 spiro atoms. The SMILES string of the molecule is CCCCCCCC/C=C\C/C=C\C/C=C\CCCC(=O)OCC(COP(=O)(O)OCCNC)OC(=O)CCCCCCCCC/C=C\CCCCCCCC. The molecule has 0 aromatic heterocycles. The van der Waals surface area contributed by atoms with E-state index in [0.717, 1.165) is 51.4 Å². The molecule has 56 heavy (non-hydrogen) atoms. The van der Waals surface area contributed by atoms with E-state index in [2.05, 4.69) is 67.8 Å². The van der Waals surface area contributed by atoms with Gasteiger partial charge in [-0.2, -0.15) is 0 Å². The molecule has 2 atom stereocenters. The Morgan fingerprint density at radius 3 is 1.50 bits per heavy atom. The lowest BCUT2D eigenvalue weighted by Crippen LogP contribution is -2.29. The summed E-state index contributed by atoms with van der Waals surface area (Å²) in [4.78, 5) is 35.1. The van der Waals surface area contributed by atoms with Crippen molar-refractivity contribution in [3.63, 3.8) is 0 Å². The zero-order chi connectivity index (χ0) is 41.1. The molecule has 0 bridgehead atoms. The Morgan fingerprint density at radius 2 is 0.982 bits per heavy atom. The molecule has 0 aliphatic rings. The van der Waals surface area contributed by atoms with Crippen LogP contribution in [0.15, 0.2) is 48.6 Å². The zero-order valence-electron chi connectivity index (χ0n) is 36.1. The topological polar surface area (TPSA) is 120 Å². The van der Waals surface area contributed by atoms with Gasteiger partial charge < -0.3 is 19.7 Å². The largest absolute Gasteiger partial charge is 0.472 e. The molecule has 0 radical (unpaired) electrons. The molecule has 10 heteroatoms. The highest BCUT2D eigenvalue weighted by molar-refractivity contribution is 7.47. The van der Waals surface area contributed by atoms with E-state index < -0.39 is 32.5 Å². The summed E-state index contributed by atoms with van der Waals surface area (Å²) in [6, 6.07) is 0. The monoisotopic (exact) mass is 810 g/mol. The minimum absolute atomic E-state index is 0.0263. The minimum Gasteiger partial charge on any atom is -0.462 e. The van der Waals surface area contributed by atoms with E-state index in [-0.39, 0.29) is 26.1 Å². The van der Waals surface area contributed by atoms with Crippen LogP contribution in [-0.2, 0) is 32.7 Å². The fourth-order valence-corrected chi connectivity index (χ4v) is 6.73. The van der Waals surface area contributed by atoms with Crippen LogP contribution in [0.25, 0.3) is 0 Å². The van der Waals surface area contributed by atoms with Gasteiger partial charge in [0.1, 0.15) is 6.61 Å². The number of nitrogens with one attached hydrogen (secondary N) is 1. The first-order chi connectivity index (χ1) is 27.3. The van der Waals surface area contributed by atoms with Crippen LogP contribution in [0.5, 0.6) is 0 Å². The third-order valence-electron chi connectivity index (χ3n) is 9.42. The standard InChI is InChI=1S/C46H84NO8P/c1-4-6-8-10-12-14-16-18-20-22-24-26-28-30-32-34-36-38-45(48)52-42-44(43-54-56(50,51)53-41-40-47-3)55-46(49)39-37-35-33-31-29-27-25-23-21-19-17-15-13-11-9-7-5-2/h18-21,24,26,30,32,44,47H,4-17,22-23,25,27-29,31,33-43H2,1-3H3,(H,50,51)/b20-18-,21-19-,26-24-,32-30-. The van der Waals surface area contributed by atoms with Gasteiger partial charge in [0, 0.05) is 19.4 Å². The predicted octanol–water partition coefficient (Wildman–Crippen LogP) is 13.0. The van der Waals surface area contributed by atoms with Crippen LogP contribution in [0, 0.1) is 0 Å². The molecule has 0 heterocycles. The van der Waals surface area contributed by atoms with E-state index in [0.29, 0.717) is 19.4 Å². The van der Waals surface area contributed by atoms with E-state index >= 15 is 0 Å². The Bertz CT molecular complexity index is 1060. The van der Waals surface area contributed by atoms with Crippen LogP contribution in [-0.4, -0.2) is 56.3 Å². The van der Waals surface area contributed by atoms with Gasteiger partial charge in [0.25, 0.3) is 0 Å². The van der Waals surface area contributed by atoms with Crippen LogP contribution in [0.1, 0.15) is 194 Å². The lowest BCUT2D eigenvalue weighted by Gasteiger charge is -2.20. The van der Waals surface area contributed by atoms with Crippen molar-refractivity contribution in [2.24, 2.45) is 0 Å². The van der Waals surface area contributed by atoms with Gasteiger partial charge >= 0.3 is 19.8 Å². The maximum absolute atomic E-state index is 12.6. The number of esters is 2. The Morgan fingerprint density at radius 1 is 0.554 bits per heavy atom. The number of phosphoric acid groups is 1. The number of hydrogen-bond acceptors (Lipinski definition) is 8. The Labute approximate surface area is 343 Å². The van der Waals surface area contributed by atoms with Crippen LogP contribution in [0.4, 0.5) is 0 Å². The molecular weight excluding hydrogens is 725 g/mol. The molecule has 0 aliphatic carbocycles. The number of carbonyl (C=O) groups is 2. The summed E-state index contributed by atoms with van der Waals surface area (Å²) in [7, 11) is -2.67. The van der Waals surface area contributed by atoms with Crippen LogP contribution >= 0.6 is 7.82 Å². The quantitative estimate of drug-likeness (QED) is 0.0269. The second-order valence-electron chi connectivity index (χ2n) is 14.9. The van der Waals surface area contributed by atoms with Crippen molar-refractivity contribution in [3.8, 4) is 0 Å². The molecular formula is C46H84NO8P. The van der Waals surface area contributed by atoms with Crippen LogP contribution < -0.4 is 5.32 Å². The lowest BCUT2D eigenvalue weighted by molar-refractivity contribution is -0.161. The highest BCUT2D eigenvalue weighted by atomic mass is 31.2. The van der Waals surface area contributed by atoms with Crippen molar-refractivity contribution < 1.29 is 37.6 Å². The van der Waals surface area contributed by atoms with Gasteiger partial charge in [-0.15, -0.1) is 0 Å². The normalized spacial score (nSPS) is 13.7. The van der Waals surface area contributed by atoms with Gasteiger partial charge in [0.05, 0.1) is 13.2 Å². The van der Waals surface area contributed by atoms with E-state index in [9.17, 15) is 19.0 Å². The summed E-state index contributed by atoms with van der Waals surface area (Å²) in [5, 5.41) is 2.82. The Hall–Kier alpha value is -2.03. The predicted molar refractivity (Wildman–Crippen MR) is 234 cm³/mol. The molecule has 2 N–H and O–H groups in total. The van der Waals surface area contributed by atoms with Gasteiger partial charge in [-0.3, -0.25) is 18.6 Å². The smallest absolute Gasteiger partial charge is 0.462 e.